The third-order valence-electron chi connectivity index (χ3n) is 5.37. The van der Waals surface area contributed by atoms with E-state index in [4.69, 9.17) is 40.4 Å². The normalized spacial score (nSPS) is 11.0. The first-order valence-electron chi connectivity index (χ1n) is 11.0. The van der Waals surface area contributed by atoms with Crippen molar-refractivity contribution < 1.29 is 42.4 Å². The van der Waals surface area contributed by atoms with Gasteiger partial charge < -0.3 is 28.8 Å². The van der Waals surface area contributed by atoms with Crippen LogP contribution < -0.4 is 24.6 Å². The molecule has 2 heterocycles. The molecular formula is C24H21ClF2N4O8. The second-order valence-corrected chi connectivity index (χ2v) is 8.22. The summed E-state index contributed by atoms with van der Waals surface area (Å²) >= 11 is 6.48. The summed E-state index contributed by atoms with van der Waals surface area (Å²) in [4.78, 5) is 35.3. The van der Waals surface area contributed by atoms with Gasteiger partial charge in [0.1, 0.15) is 24.5 Å². The topological polar surface area (TPSA) is 147 Å². The van der Waals surface area contributed by atoms with Crippen molar-refractivity contribution in [2.75, 3.05) is 27.9 Å². The zero-order valence-electron chi connectivity index (χ0n) is 20.7. The van der Waals surface area contributed by atoms with Crippen LogP contribution >= 0.6 is 11.6 Å². The fourth-order valence-corrected chi connectivity index (χ4v) is 3.92. The van der Waals surface area contributed by atoms with Crippen molar-refractivity contribution in [2.24, 2.45) is 0 Å². The Balaban J connectivity index is 1.86. The molecule has 206 valence electrons. The maximum Gasteiger partial charge on any atom is 0.341 e. The van der Waals surface area contributed by atoms with E-state index >= 15 is 0 Å². The van der Waals surface area contributed by atoms with Gasteiger partial charge in [0.25, 0.3) is 0 Å². The highest BCUT2D eigenvalue weighted by atomic mass is 35.5. The summed E-state index contributed by atoms with van der Waals surface area (Å²) in [5.41, 5.74) is -0.620. The number of halogens is 3. The molecule has 2 aromatic carbocycles. The zero-order chi connectivity index (χ0) is 28.3. The van der Waals surface area contributed by atoms with Gasteiger partial charge >= 0.3 is 11.7 Å². The molecule has 0 saturated heterocycles. The number of carbonyl (C=O) groups is 1. The predicted molar refractivity (Wildman–Crippen MR) is 132 cm³/mol. The minimum atomic E-state index is -1.29. The van der Waals surface area contributed by atoms with Crippen LogP contribution in [-0.4, -0.2) is 58.5 Å². The van der Waals surface area contributed by atoms with Gasteiger partial charge in [-0.3, -0.25) is 4.98 Å². The molecule has 0 aliphatic rings. The lowest BCUT2D eigenvalue weighted by Crippen LogP contribution is -2.16. The molecule has 2 N–H and O–H groups in total. The lowest BCUT2D eigenvalue weighted by Gasteiger charge is -2.17. The molecule has 0 unspecified atom stereocenters. The molecule has 0 spiro atoms. The zero-order valence-corrected chi connectivity index (χ0v) is 21.5. The number of imidazole rings is 1. The molecule has 12 nitrogen and oxygen atoms in total. The van der Waals surface area contributed by atoms with Gasteiger partial charge in [-0.05, 0) is 12.1 Å². The Labute approximate surface area is 223 Å². The Morgan fingerprint density at radius 1 is 1.05 bits per heavy atom. The maximum absolute atomic E-state index is 14.5. The van der Waals surface area contributed by atoms with Gasteiger partial charge in [-0.15, -0.1) is 0 Å². The molecule has 0 saturated carbocycles. The number of carboxylic acids is 1. The van der Waals surface area contributed by atoms with Gasteiger partial charge in [-0.2, -0.15) is 4.98 Å². The fourth-order valence-electron chi connectivity index (χ4n) is 3.68. The van der Waals surface area contributed by atoms with E-state index in [1.807, 2.05) is 0 Å². The Morgan fingerprint density at radius 2 is 1.79 bits per heavy atom. The van der Waals surface area contributed by atoms with Crippen LogP contribution in [0.3, 0.4) is 0 Å². The number of hydrogen-bond donors (Lipinski definition) is 2. The Bertz CT molecular complexity index is 1610. The molecule has 0 atom stereocenters. The van der Waals surface area contributed by atoms with Gasteiger partial charge in [0.05, 0.1) is 30.5 Å². The van der Waals surface area contributed by atoms with E-state index in [1.54, 1.807) is 0 Å². The summed E-state index contributed by atoms with van der Waals surface area (Å²) in [5, 5.41) is 9.01. The Hall–Kier alpha value is -4.43. The van der Waals surface area contributed by atoms with Crippen molar-refractivity contribution in [3.8, 4) is 28.8 Å². The number of carboxylic acid groups (broad SMARTS) is 1. The van der Waals surface area contributed by atoms with Crippen LogP contribution in [-0.2, 0) is 22.7 Å². The van der Waals surface area contributed by atoms with Crippen LogP contribution in [0.15, 0.2) is 29.1 Å². The third-order valence-corrected chi connectivity index (χ3v) is 5.67. The fraction of sp³-hybridized carbons (Fsp3) is 0.250. The quantitative estimate of drug-likeness (QED) is 0.277. The number of aromatic amines is 1. The van der Waals surface area contributed by atoms with Crippen molar-refractivity contribution in [2.45, 2.75) is 13.2 Å². The second kappa shape index (κ2) is 11.5. The van der Waals surface area contributed by atoms with Crippen molar-refractivity contribution in [1.29, 1.82) is 0 Å². The van der Waals surface area contributed by atoms with Crippen LogP contribution in [0.25, 0.3) is 16.9 Å². The first-order chi connectivity index (χ1) is 18.7. The maximum atomic E-state index is 14.5. The van der Waals surface area contributed by atoms with E-state index in [1.165, 1.54) is 39.5 Å². The first kappa shape index (κ1) is 27.6. The summed E-state index contributed by atoms with van der Waals surface area (Å²) in [6.07, 6.45) is 0. The van der Waals surface area contributed by atoms with E-state index in [0.29, 0.717) is 0 Å². The number of hydrogen-bond acceptors (Lipinski definition) is 9. The number of aliphatic carboxylic acids is 1. The molecule has 0 radical (unpaired) electrons. The van der Waals surface area contributed by atoms with E-state index in [-0.39, 0.29) is 63.0 Å². The molecule has 0 amide bonds. The Morgan fingerprint density at radius 3 is 2.46 bits per heavy atom. The van der Waals surface area contributed by atoms with Crippen LogP contribution in [0.1, 0.15) is 11.4 Å². The molecule has 2 aromatic heterocycles. The van der Waals surface area contributed by atoms with Crippen LogP contribution in [0.2, 0.25) is 5.02 Å². The number of methoxy groups -OCH3 is 3. The van der Waals surface area contributed by atoms with Gasteiger partial charge in [0.15, 0.2) is 41.2 Å². The third kappa shape index (κ3) is 5.56. The minimum absolute atomic E-state index is 0.0107. The second-order valence-electron chi connectivity index (χ2n) is 7.81. The highest BCUT2D eigenvalue weighted by Crippen LogP contribution is 2.37. The molecule has 0 aliphatic carbocycles. The highest BCUT2D eigenvalue weighted by Gasteiger charge is 2.22. The van der Waals surface area contributed by atoms with E-state index < -0.39 is 36.5 Å². The molecule has 0 bridgehead atoms. The van der Waals surface area contributed by atoms with Crippen LogP contribution in [0.4, 0.5) is 8.78 Å². The van der Waals surface area contributed by atoms with Gasteiger partial charge in [0, 0.05) is 19.2 Å². The molecule has 39 heavy (non-hydrogen) atoms. The number of nitrogens with zero attached hydrogens (tertiary/aromatic N) is 3. The van der Waals surface area contributed by atoms with Gasteiger partial charge in [-0.1, -0.05) is 11.6 Å². The molecular weight excluding hydrogens is 546 g/mol. The summed E-state index contributed by atoms with van der Waals surface area (Å²) in [6, 6.07) is 4.61. The largest absolute Gasteiger partial charge is 0.496 e. The summed E-state index contributed by atoms with van der Waals surface area (Å²) in [7, 11) is 4.08. The number of benzene rings is 2. The van der Waals surface area contributed by atoms with E-state index in [9.17, 15) is 18.4 Å². The number of H-pyrrole nitrogens is 1. The highest BCUT2D eigenvalue weighted by molar-refractivity contribution is 6.32. The number of nitrogens with one attached hydrogen (secondary N) is 1. The monoisotopic (exact) mass is 566 g/mol. The van der Waals surface area contributed by atoms with Crippen molar-refractivity contribution >= 4 is 28.7 Å². The van der Waals surface area contributed by atoms with Crippen molar-refractivity contribution in [1.82, 2.24) is 19.5 Å². The SMILES string of the molecule is COCc1nc(OC)c2[nH]c(=O)n(-c3cc(OCc4c(OC)ccc(F)c4F)c(OCC(=O)O)cc3Cl)c2n1. The van der Waals surface area contributed by atoms with Crippen LogP contribution in [0.5, 0.6) is 23.1 Å². The summed E-state index contributed by atoms with van der Waals surface area (Å²) < 4.78 is 56.0. The van der Waals surface area contributed by atoms with E-state index in [0.717, 1.165) is 10.6 Å². The summed E-state index contributed by atoms with van der Waals surface area (Å²) in [5.74, 6) is -3.59. The van der Waals surface area contributed by atoms with E-state index in [2.05, 4.69) is 15.0 Å². The first-order valence-corrected chi connectivity index (χ1v) is 11.4. The number of aromatic nitrogens is 4. The van der Waals surface area contributed by atoms with Gasteiger partial charge in [-0.25, -0.2) is 27.9 Å². The molecule has 15 heteroatoms. The molecule has 0 fully saturated rings. The number of ether oxygens (including phenoxy) is 5. The number of fused-ring (bicyclic) bond motifs is 1. The van der Waals surface area contributed by atoms with Crippen molar-refractivity contribution in [3.05, 3.63) is 62.8 Å². The predicted octanol–water partition coefficient (Wildman–Crippen LogP) is 3.25. The Kier molecular flexibility index (Phi) is 8.16. The minimum Gasteiger partial charge on any atom is -0.496 e. The lowest BCUT2D eigenvalue weighted by atomic mass is 10.2. The average Bonchev–Trinajstić information content (AvgIpc) is 3.24. The lowest BCUT2D eigenvalue weighted by molar-refractivity contribution is -0.139. The molecule has 0 aliphatic heterocycles. The number of rotatable bonds is 11. The molecule has 4 rings (SSSR count). The average molecular weight is 567 g/mol. The smallest absolute Gasteiger partial charge is 0.341 e. The molecule has 4 aromatic rings. The summed E-state index contributed by atoms with van der Waals surface area (Å²) in [6.45, 7) is -1.30. The van der Waals surface area contributed by atoms with Crippen LogP contribution in [0, 0.1) is 11.6 Å². The standard InChI is InChI=1S/C24H21ClF2N4O8/c1-35-9-18-28-22-21(23(29-18)37-3)30-24(34)31(22)14-7-17(16(6-12(14)25)39-10-19(32)33)38-8-11-15(36-2)5-4-13(26)20(11)27/h4-7H,8-10H2,1-3H3,(H,30,34)(H,32,33). The van der Waals surface area contributed by atoms with Crippen molar-refractivity contribution in [3.63, 3.8) is 0 Å². The van der Waals surface area contributed by atoms with Gasteiger partial charge in [0.2, 0.25) is 5.88 Å².